The predicted molar refractivity (Wildman–Crippen MR) is 60.0 cm³/mol. The molecule has 0 spiro atoms. The van der Waals surface area contributed by atoms with Crippen molar-refractivity contribution < 1.29 is 5.11 Å². The molecule has 1 aromatic carbocycles. The summed E-state index contributed by atoms with van der Waals surface area (Å²) in [5.74, 6) is 0.285. The SMILES string of the molecule is CNC(Cc1cccc(O)c1)c1cn[nH]n1. The Hall–Kier alpha value is -1.88. The highest BCUT2D eigenvalue weighted by Gasteiger charge is 2.12. The highest BCUT2D eigenvalue weighted by atomic mass is 16.3. The zero-order valence-electron chi connectivity index (χ0n) is 9.01. The van der Waals surface area contributed by atoms with Crippen LogP contribution in [0.1, 0.15) is 17.3 Å². The van der Waals surface area contributed by atoms with Gasteiger partial charge >= 0.3 is 0 Å². The van der Waals surface area contributed by atoms with E-state index in [2.05, 4.69) is 20.7 Å². The van der Waals surface area contributed by atoms with Crippen LogP contribution in [-0.2, 0) is 6.42 Å². The minimum Gasteiger partial charge on any atom is -0.508 e. The molecule has 16 heavy (non-hydrogen) atoms. The van der Waals surface area contributed by atoms with Crippen LogP contribution in [0.25, 0.3) is 0 Å². The molecule has 5 nitrogen and oxygen atoms in total. The van der Waals surface area contributed by atoms with Crippen LogP contribution in [0.2, 0.25) is 0 Å². The molecular formula is C11H14N4O. The Morgan fingerprint density at radius 2 is 2.38 bits per heavy atom. The van der Waals surface area contributed by atoms with E-state index in [9.17, 15) is 5.11 Å². The molecule has 84 valence electrons. The fourth-order valence-electron chi connectivity index (χ4n) is 1.65. The van der Waals surface area contributed by atoms with Crippen molar-refractivity contribution in [2.24, 2.45) is 0 Å². The van der Waals surface area contributed by atoms with E-state index in [4.69, 9.17) is 0 Å². The molecular weight excluding hydrogens is 204 g/mol. The summed E-state index contributed by atoms with van der Waals surface area (Å²) in [5.41, 5.74) is 1.92. The lowest BCUT2D eigenvalue weighted by molar-refractivity contribution is 0.473. The number of nitrogens with one attached hydrogen (secondary N) is 2. The summed E-state index contributed by atoms with van der Waals surface area (Å²) >= 11 is 0. The van der Waals surface area contributed by atoms with Crippen LogP contribution >= 0.6 is 0 Å². The number of aromatic amines is 1. The van der Waals surface area contributed by atoms with Gasteiger partial charge in [-0.25, -0.2) is 0 Å². The molecule has 0 aliphatic rings. The monoisotopic (exact) mass is 218 g/mol. The number of benzene rings is 1. The minimum atomic E-state index is 0.0977. The topological polar surface area (TPSA) is 73.8 Å². The molecule has 0 amide bonds. The van der Waals surface area contributed by atoms with Gasteiger partial charge < -0.3 is 10.4 Å². The predicted octanol–water partition coefficient (Wildman–Crippen LogP) is 1.01. The van der Waals surface area contributed by atoms with Gasteiger partial charge in [0, 0.05) is 0 Å². The summed E-state index contributed by atoms with van der Waals surface area (Å²) in [4.78, 5) is 0. The Morgan fingerprint density at radius 3 is 3.00 bits per heavy atom. The van der Waals surface area contributed by atoms with Gasteiger partial charge in [-0.1, -0.05) is 12.1 Å². The fourth-order valence-corrected chi connectivity index (χ4v) is 1.65. The summed E-state index contributed by atoms with van der Waals surface area (Å²) in [7, 11) is 1.88. The van der Waals surface area contributed by atoms with Crippen molar-refractivity contribution in [2.75, 3.05) is 7.05 Å². The molecule has 1 aromatic heterocycles. The summed E-state index contributed by atoms with van der Waals surface area (Å²) in [6.07, 6.45) is 2.46. The number of likely N-dealkylation sites (N-methyl/N-ethyl adjacent to an activating group) is 1. The number of H-pyrrole nitrogens is 1. The van der Waals surface area contributed by atoms with Gasteiger partial charge in [0.2, 0.25) is 0 Å². The first kappa shape index (κ1) is 10.6. The molecule has 0 fully saturated rings. The smallest absolute Gasteiger partial charge is 0.115 e. The first-order chi connectivity index (χ1) is 7.79. The van der Waals surface area contributed by atoms with E-state index < -0.39 is 0 Å². The van der Waals surface area contributed by atoms with E-state index in [1.165, 1.54) is 0 Å². The van der Waals surface area contributed by atoms with Crippen molar-refractivity contribution >= 4 is 0 Å². The Kier molecular flexibility index (Phi) is 3.16. The van der Waals surface area contributed by atoms with Gasteiger partial charge in [0.05, 0.1) is 17.9 Å². The highest BCUT2D eigenvalue weighted by Crippen LogP contribution is 2.18. The van der Waals surface area contributed by atoms with Crippen LogP contribution < -0.4 is 5.32 Å². The quantitative estimate of drug-likeness (QED) is 0.716. The second-order valence-electron chi connectivity index (χ2n) is 3.61. The number of phenolic OH excluding ortho intramolecular Hbond substituents is 1. The summed E-state index contributed by atoms with van der Waals surface area (Å²) < 4.78 is 0. The third-order valence-electron chi connectivity index (χ3n) is 2.49. The molecule has 0 saturated carbocycles. The summed E-state index contributed by atoms with van der Waals surface area (Å²) in [5, 5.41) is 23.0. The number of hydrogen-bond acceptors (Lipinski definition) is 4. The Morgan fingerprint density at radius 1 is 1.50 bits per heavy atom. The number of hydrogen-bond donors (Lipinski definition) is 3. The number of phenols is 1. The largest absolute Gasteiger partial charge is 0.508 e. The van der Waals surface area contributed by atoms with E-state index in [0.29, 0.717) is 0 Å². The third-order valence-corrected chi connectivity index (χ3v) is 2.49. The Labute approximate surface area is 93.5 Å². The second kappa shape index (κ2) is 4.76. The van der Waals surface area contributed by atoms with Crippen molar-refractivity contribution in [1.29, 1.82) is 0 Å². The standard InChI is InChI=1S/C11H14N4O/c1-12-10(11-7-13-15-14-11)6-8-3-2-4-9(16)5-8/h2-5,7,10,12,16H,6H2,1H3,(H,13,14,15). The molecule has 1 unspecified atom stereocenters. The van der Waals surface area contributed by atoms with E-state index in [0.717, 1.165) is 17.7 Å². The van der Waals surface area contributed by atoms with Crippen molar-refractivity contribution in [3.8, 4) is 5.75 Å². The van der Waals surface area contributed by atoms with E-state index >= 15 is 0 Å². The van der Waals surface area contributed by atoms with Crippen LogP contribution in [0.15, 0.2) is 30.5 Å². The fraction of sp³-hybridized carbons (Fsp3) is 0.273. The number of rotatable bonds is 4. The van der Waals surface area contributed by atoms with Gasteiger partial charge in [0.1, 0.15) is 5.75 Å². The molecule has 0 radical (unpaired) electrons. The van der Waals surface area contributed by atoms with Crippen molar-refractivity contribution in [1.82, 2.24) is 20.7 Å². The van der Waals surface area contributed by atoms with E-state index in [1.54, 1.807) is 18.3 Å². The molecule has 1 heterocycles. The van der Waals surface area contributed by atoms with Crippen LogP contribution in [0.5, 0.6) is 5.75 Å². The lowest BCUT2D eigenvalue weighted by Gasteiger charge is -2.13. The first-order valence-electron chi connectivity index (χ1n) is 5.10. The molecule has 0 aliphatic carbocycles. The van der Waals surface area contributed by atoms with E-state index in [-0.39, 0.29) is 11.8 Å². The zero-order chi connectivity index (χ0) is 11.4. The number of nitrogens with zero attached hydrogens (tertiary/aromatic N) is 2. The molecule has 0 aliphatic heterocycles. The van der Waals surface area contributed by atoms with Crippen molar-refractivity contribution in [3.05, 3.63) is 41.7 Å². The van der Waals surface area contributed by atoms with Crippen LogP contribution in [0.4, 0.5) is 0 Å². The van der Waals surface area contributed by atoms with Gasteiger partial charge in [-0.2, -0.15) is 15.4 Å². The molecule has 0 saturated heterocycles. The molecule has 0 bridgehead atoms. The number of aromatic hydroxyl groups is 1. The minimum absolute atomic E-state index is 0.0977. The summed E-state index contributed by atoms with van der Waals surface area (Å²) in [6.45, 7) is 0. The van der Waals surface area contributed by atoms with Crippen LogP contribution in [-0.4, -0.2) is 27.6 Å². The maximum atomic E-state index is 9.37. The van der Waals surface area contributed by atoms with E-state index in [1.807, 2.05) is 19.2 Å². The lowest BCUT2D eigenvalue weighted by atomic mass is 10.0. The lowest BCUT2D eigenvalue weighted by Crippen LogP contribution is -2.19. The van der Waals surface area contributed by atoms with Gasteiger partial charge in [-0.3, -0.25) is 0 Å². The van der Waals surface area contributed by atoms with Gasteiger partial charge in [-0.05, 0) is 31.2 Å². The molecule has 2 rings (SSSR count). The summed E-state index contributed by atoms with van der Waals surface area (Å²) in [6, 6.07) is 7.32. The normalized spacial score (nSPS) is 12.6. The Balaban J connectivity index is 2.13. The van der Waals surface area contributed by atoms with Gasteiger partial charge in [0.25, 0.3) is 0 Å². The average molecular weight is 218 g/mol. The number of aromatic nitrogens is 3. The highest BCUT2D eigenvalue weighted by molar-refractivity contribution is 5.28. The van der Waals surface area contributed by atoms with Crippen molar-refractivity contribution in [2.45, 2.75) is 12.5 Å². The average Bonchev–Trinajstić information content (AvgIpc) is 2.79. The maximum Gasteiger partial charge on any atom is 0.115 e. The second-order valence-corrected chi connectivity index (χ2v) is 3.61. The first-order valence-corrected chi connectivity index (χ1v) is 5.10. The zero-order valence-corrected chi connectivity index (χ0v) is 9.01. The molecule has 5 heteroatoms. The molecule has 1 atom stereocenters. The Bertz CT molecular complexity index is 441. The third kappa shape index (κ3) is 2.38. The maximum absolute atomic E-state index is 9.37. The molecule has 3 N–H and O–H groups in total. The van der Waals surface area contributed by atoms with Gasteiger partial charge in [-0.15, -0.1) is 0 Å². The molecule has 2 aromatic rings. The van der Waals surface area contributed by atoms with Gasteiger partial charge in [0.15, 0.2) is 0 Å². The van der Waals surface area contributed by atoms with Crippen LogP contribution in [0, 0.1) is 0 Å². The van der Waals surface area contributed by atoms with Crippen molar-refractivity contribution in [3.63, 3.8) is 0 Å². The van der Waals surface area contributed by atoms with Crippen LogP contribution in [0.3, 0.4) is 0 Å².